The van der Waals surface area contributed by atoms with Crippen molar-refractivity contribution in [3.8, 4) is 0 Å². The van der Waals surface area contributed by atoms with Crippen LogP contribution in [0.4, 0.5) is 28.4 Å². The van der Waals surface area contributed by atoms with Gasteiger partial charge in [0.15, 0.2) is 0 Å². The molecule has 2 unspecified atom stereocenters. The Balaban J connectivity index is 1.52. The Morgan fingerprint density at radius 1 is 0.778 bits per heavy atom. The van der Waals surface area contributed by atoms with E-state index in [1.807, 2.05) is 0 Å². The smallest absolute Gasteiger partial charge is 0.297 e. The van der Waals surface area contributed by atoms with Gasteiger partial charge < -0.3 is 14.2 Å². The zero-order valence-corrected chi connectivity index (χ0v) is 49.6. The van der Waals surface area contributed by atoms with Gasteiger partial charge in [0.25, 0.3) is 6.71 Å². The van der Waals surface area contributed by atoms with Gasteiger partial charge in [-0.1, -0.05) is 178 Å². The van der Waals surface area contributed by atoms with Crippen LogP contribution in [0.1, 0.15) is 212 Å². The molecule has 3 heterocycles. The first-order valence-electron chi connectivity index (χ1n) is 28.2. The zero-order valence-electron chi connectivity index (χ0n) is 48.6. The fraction of sp³-hybridized carbons (Fsp3) is 0.522. The van der Waals surface area contributed by atoms with Crippen LogP contribution in [0, 0.1) is 18.8 Å². The van der Waals surface area contributed by atoms with Crippen LogP contribution >= 0.6 is 0 Å². The third-order valence-corrected chi connectivity index (χ3v) is 19.5. The fourth-order valence-electron chi connectivity index (χ4n) is 12.8. The highest BCUT2D eigenvalue weighted by Gasteiger charge is 2.53. The van der Waals surface area contributed by atoms with Gasteiger partial charge in [-0.2, -0.15) is 0 Å². The van der Waals surface area contributed by atoms with E-state index in [1.54, 1.807) is 0 Å². The summed E-state index contributed by atoms with van der Waals surface area (Å²) < 4.78 is 7.79. The van der Waals surface area contributed by atoms with E-state index >= 15 is 0 Å². The van der Waals surface area contributed by atoms with E-state index in [2.05, 4.69) is 226 Å². The maximum absolute atomic E-state index is 7.79. The number of aryl methyl sites for hydroxylation is 1. The van der Waals surface area contributed by atoms with Crippen molar-refractivity contribution in [3.63, 3.8) is 0 Å². The monoisotopic (exact) mass is 980 g/mol. The lowest BCUT2D eigenvalue weighted by atomic mass is 9.35. The summed E-state index contributed by atoms with van der Waals surface area (Å²) in [4.78, 5) is 5.33. The topological polar surface area (TPSA) is 19.6 Å². The molecule has 0 saturated carbocycles. The van der Waals surface area contributed by atoms with E-state index in [0.29, 0.717) is 23.7 Å². The lowest BCUT2D eigenvalue weighted by Crippen LogP contribution is -2.61. The van der Waals surface area contributed by atoms with Crippen LogP contribution in [-0.4, -0.2) is 15.5 Å². The average molecular weight is 980 g/mol. The fourth-order valence-corrected chi connectivity index (χ4v) is 13.8. The molecule has 8 rings (SSSR count). The Bertz CT molecular complexity index is 2850. The second-order valence-corrected chi connectivity index (χ2v) is 29.0. The van der Waals surface area contributed by atoms with Crippen molar-refractivity contribution in [1.82, 2.24) is 0 Å². The summed E-state index contributed by atoms with van der Waals surface area (Å²) in [6.07, 6.45) is 25.2. The van der Waals surface area contributed by atoms with Crippen LogP contribution in [-0.2, 0) is 28.1 Å². The van der Waals surface area contributed by atoms with Crippen molar-refractivity contribution in [2.45, 2.75) is 216 Å². The van der Waals surface area contributed by atoms with Crippen molar-refractivity contribution in [3.05, 3.63) is 141 Å². The molecule has 1 radical (unpaired) electrons. The van der Waals surface area contributed by atoms with Crippen molar-refractivity contribution in [1.29, 1.82) is 0 Å². The number of anilines is 5. The number of hydrogen-bond acceptors (Lipinski definition) is 3. The number of rotatable bonds is 15. The maximum atomic E-state index is 7.79. The first kappa shape index (κ1) is 53.8. The molecule has 3 nitrogen and oxygen atoms in total. The van der Waals surface area contributed by atoms with E-state index in [4.69, 9.17) is 4.42 Å². The lowest BCUT2D eigenvalue weighted by Gasteiger charge is -2.46. The van der Waals surface area contributed by atoms with E-state index in [0.717, 1.165) is 49.2 Å². The molecule has 2 aliphatic heterocycles. The lowest BCUT2D eigenvalue weighted by molar-refractivity contribution is 0.282. The zero-order chi connectivity index (χ0) is 52.6. The average Bonchev–Trinajstić information content (AvgIpc) is 3.74. The van der Waals surface area contributed by atoms with Gasteiger partial charge in [-0.3, -0.25) is 0 Å². The Hall–Kier alpha value is -4.48. The molecule has 3 aromatic carbocycles. The summed E-state index contributed by atoms with van der Waals surface area (Å²) in [5.41, 5.74) is 21.0. The second-order valence-electron chi connectivity index (χ2n) is 26.4. The summed E-state index contributed by atoms with van der Waals surface area (Å²) in [6, 6.07) is 15.6. The molecule has 0 saturated heterocycles. The minimum atomic E-state index is -0.609. The molecule has 5 heteroatoms. The van der Waals surface area contributed by atoms with E-state index in [9.17, 15) is 0 Å². The Kier molecular flexibility index (Phi) is 14.9. The minimum Gasteiger partial charge on any atom is -0.472 e. The second kappa shape index (κ2) is 20.0. The maximum Gasteiger partial charge on any atom is 0.297 e. The number of furan rings is 1. The van der Waals surface area contributed by atoms with Gasteiger partial charge in [0.2, 0.25) is 0 Å². The Labute approximate surface area is 441 Å². The number of fused-ring (bicyclic) bond motifs is 7. The predicted octanol–water partition coefficient (Wildman–Crippen LogP) is 17.7. The van der Waals surface area contributed by atoms with Crippen molar-refractivity contribution in [2.75, 3.05) is 9.80 Å². The Morgan fingerprint density at radius 3 is 2.03 bits per heavy atom. The Morgan fingerprint density at radius 2 is 1.42 bits per heavy atom. The number of allylic oxidation sites excluding steroid dienone is 8. The number of benzene rings is 3. The van der Waals surface area contributed by atoms with Gasteiger partial charge in [-0.05, 0) is 179 Å². The van der Waals surface area contributed by atoms with E-state index in [-0.39, 0.29) is 28.4 Å². The van der Waals surface area contributed by atoms with Gasteiger partial charge in [0.1, 0.15) is 5.76 Å². The summed E-state index contributed by atoms with van der Waals surface area (Å²) in [5.74, 6) is 3.10. The predicted molar refractivity (Wildman–Crippen MR) is 319 cm³/mol. The molecule has 4 aromatic rings. The van der Waals surface area contributed by atoms with Gasteiger partial charge >= 0.3 is 0 Å². The minimum absolute atomic E-state index is 0.0343. The number of nitrogens with zero attached hydrogens (tertiary/aromatic N) is 2. The SMILES string of the molecule is C=C/C(=C\C=C\C(C)CCC(C)C)N1c2cc(C)cc3c2B(c2cc(C(C)CC)c(C(C)C)cc2N3c2cc3c(cc2C/C=C\C(=C/C)[Si](C)C)C(C)(C)CCC3(C)C)c2oc3c(c21)C(C)(C)CCC3(C)C. The largest absolute Gasteiger partial charge is 0.472 e. The molecular formula is C67H92BN2OSi. The first-order chi connectivity index (χ1) is 33.8. The van der Waals surface area contributed by atoms with Gasteiger partial charge in [0.05, 0.1) is 20.1 Å². The van der Waals surface area contributed by atoms with Gasteiger partial charge in [0, 0.05) is 39.4 Å². The standard InChI is InChI=1S/C67H92BN2OSi/c1-21-46(10)51-39-54-56(40-50(51)43(6)7)70(55-41-53-52(64(11,12)32-33-65(53,13)14)38-47(55)27-25-29-49(23-3)72(19)20)58-37-45(9)36-57-60(58)68(54)63-61(59-62(71-63)67(17,18)35-34-66(59,15)16)69(57)48(22-2)28-24-26-44(8)31-30-42(4)5/h22-26,28-29,36-44,46H,2,21,27,30-35H2,1,3-20H3/b26-24+,29-25-,48-28+,49-23+. The van der Waals surface area contributed by atoms with Gasteiger partial charge in [-0.15, -0.1) is 0 Å². The van der Waals surface area contributed by atoms with E-state index in [1.165, 1.54) is 103 Å². The molecule has 1 aromatic heterocycles. The van der Waals surface area contributed by atoms with Gasteiger partial charge in [-0.25, -0.2) is 0 Å². The molecule has 383 valence electrons. The summed E-state index contributed by atoms with van der Waals surface area (Å²) in [7, 11) is -0.609. The molecule has 2 atom stereocenters. The molecule has 0 spiro atoms. The summed E-state index contributed by atoms with van der Waals surface area (Å²) in [6.45, 7) is 50.2. The molecule has 0 amide bonds. The van der Waals surface area contributed by atoms with Crippen LogP contribution < -0.4 is 26.4 Å². The molecule has 0 bridgehead atoms. The van der Waals surface area contributed by atoms with Crippen LogP contribution in [0.2, 0.25) is 13.1 Å². The third kappa shape index (κ3) is 9.60. The molecule has 0 fully saturated rings. The van der Waals surface area contributed by atoms with E-state index < -0.39 is 8.80 Å². The van der Waals surface area contributed by atoms with Crippen molar-refractivity contribution < 1.29 is 4.42 Å². The van der Waals surface area contributed by atoms with Crippen molar-refractivity contribution in [2.24, 2.45) is 11.8 Å². The highest BCUT2D eigenvalue weighted by molar-refractivity contribution is 6.99. The molecule has 2 aliphatic carbocycles. The molecule has 0 N–H and O–H groups in total. The summed E-state index contributed by atoms with van der Waals surface area (Å²) >= 11 is 0. The highest BCUT2D eigenvalue weighted by atomic mass is 28.3. The van der Waals surface area contributed by atoms with Crippen LogP contribution in [0.15, 0.2) is 101 Å². The van der Waals surface area contributed by atoms with Crippen LogP contribution in [0.5, 0.6) is 0 Å². The quantitative estimate of drug-likeness (QED) is 0.0770. The molecular weight excluding hydrogens is 888 g/mol. The summed E-state index contributed by atoms with van der Waals surface area (Å²) in [5, 5.41) is 1.48. The third-order valence-electron chi connectivity index (χ3n) is 17.9. The van der Waals surface area contributed by atoms with Crippen molar-refractivity contribution >= 4 is 60.5 Å². The van der Waals surface area contributed by atoms with Crippen LogP contribution in [0.3, 0.4) is 0 Å². The number of hydrogen-bond donors (Lipinski definition) is 0. The normalized spacial score (nSPS) is 19.5. The van der Waals surface area contributed by atoms with Crippen LogP contribution in [0.25, 0.3) is 0 Å². The molecule has 72 heavy (non-hydrogen) atoms. The highest BCUT2D eigenvalue weighted by Crippen LogP contribution is 2.55. The first-order valence-corrected chi connectivity index (χ1v) is 30.7. The molecule has 4 aliphatic rings.